The Balaban J connectivity index is 2.04. The molecular weight excluding hydrogens is 198 g/mol. The van der Waals surface area contributed by atoms with E-state index < -0.39 is 0 Å². The molecule has 1 aromatic rings. The summed E-state index contributed by atoms with van der Waals surface area (Å²) >= 11 is 0. The number of likely N-dealkylation sites (tertiary alicyclic amines) is 1. The summed E-state index contributed by atoms with van der Waals surface area (Å²) in [6.45, 7) is 12.6. The van der Waals surface area contributed by atoms with Gasteiger partial charge in [0.05, 0.1) is 12.2 Å². The van der Waals surface area contributed by atoms with Gasteiger partial charge in [0.15, 0.2) is 0 Å². The lowest BCUT2D eigenvalue weighted by atomic mass is 10.0. The zero-order chi connectivity index (χ0) is 11.7. The number of hydrogen-bond acceptors (Lipinski definition) is 2. The lowest BCUT2D eigenvalue weighted by Crippen LogP contribution is -2.33. The molecule has 0 N–H and O–H groups in total. The quantitative estimate of drug-likeness (QED) is 0.762. The Labute approximate surface area is 97.8 Å². The summed E-state index contributed by atoms with van der Waals surface area (Å²) in [4.78, 5) is 2.36. The van der Waals surface area contributed by atoms with Gasteiger partial charge in [-0.25, -0.2) is 0 Å². The Morgan fingerprint density at radius 3 is 2.44 bits per heavy atom. The normalized spacial score (nSPS) is 17.8. The van der Waals surface area contributed by atoms with Gasteiger partial charge in [0.2, 0.25) is 0 Å². The van der Waals surface area contributed by atoms with E-state index in [-0.39, 0.29) is 0 Å². The second-order valence-electron chi connectivity index (χ2n) is 4.81. The standard InChI is InChI=1S/C13H21N3/c1-10(2)15-7-5-13(6-8-15)16-12(4)11(3)9-14-16/h9,13H,1,5-8H2,2-4H3. The molecule has 3 nitrogen and oxygen atoms in total. The molecule has 0 aliphatic carbocycles. The molecule has 0 bridgehead atoms. The predicted molar refractivity (Wildman–Crippen MR) is 66.4 cm³/mol. The lowest BCUT2D eigenvalue weighted by molar-refractivity contribution is 0.218. The van der Waals surface area contributed by atoms with Gasteiger partial charge in [0.1, 0.15) is 0 Å². The molecule has 1 saturated heterocycles. The molecule has 0 atom stereocenters. The van der Waals surface area contributed by atoms with E-state index in [1.165, 1.54) is 29.8 Å². The summed E-state index contributed by atoms with van der Waals surface area (Å²) in [6.07, 6.45) is 4.32. The van der Waals surface area contributed by atoms with Gasteiger partial charge in [-0.1, -0.05) is 6.58 Å². The van der Waals surface area contributed by atoms with E-state index in [1.807, 2.05) is 6.20 Å². The fourth-order valence-electron chi connectivity index (χ4n) is 2.37. The van der Waals surface area contributed by atoms with Crippen LogP contribution in [0.1, 0.15) is 37.1 Å². The zero-order valence-corrected chi connectivity index (χ0v) is 10.5. The van der Waals surface area contributed by atoms with E-state index in [1.54, 1.807) is 0 Å². The number of hydrogen-bond donors (Lipinski definition) is 0. The molecule has 2 heterocycles. The van der Waals surface area contributed by atoms with Crippen molar-refractivity contribution in [1.29, 1.82) is 0 Å². The minimum Gasteiger partial charge on any atom is -0.375 e. The summed E-state index contributed by atoms with van der Waals surface area (Å²) in [5.41, 5.74) is 3.79. The molecule has 1 aliphatic rings. The average Bonchev–Trinajstić information content (AvgIpc) is 2.60. The van der Waals surface area contributed by atoms with Crippen molar-refractivity contribution < 1.29 is 0 Å². The van der Waals surface area contributed by atoms with Gasteiger partial charge in [-0.15, -0.1) is 0 Å². The van der Waals surface area contributed by atoms with Gasteiger partial charge in [0, 0.05) is 24.5 Å². The van der Waals surface area contributed by atoms with Crippen LogP contribution < -0.4 is 0 Å². The van der Waals surface area contributed by atoms with Crippen LogP contribution in [0.25, 0.3) is 0 Å². The largest absolute Gasteiger partial charge is 0.375 e. The van der Waals surface area contributed by atoms with Crippen molar-refractivity contribution in [1.82, 2.24) is 14.7 Å². The minimum absolute atomic E-state index is 0.573. The molecular formula is C13H21N3. The van der Waals surface area contributed by atoms with E-state index in [9.17, 15) is 0 Å². The summed E-state index contributed by atoms with van der Waals surface area (Å²) in [5, 5.41) is 4.48. The van der Waals surface area contributed by atoms with Crippen molar-refractivity contribution in [2.24, 2.45) is 0 Å². The van der Waals surface area contributed by atoms with Crippen molar-refractivity contribution in [3.63, 3.8) is 0 Å². The van der Waals surface area contributed by atoms with Crippen molar-refractivity contribution >= 4 is 0 Å². The zero-order valence-electron chi connectivity index (χ0n) is 10.5. The van der Waals surface area contributed by atoms with Gasteiger partial charge < -0.3 is 4.90 Å². The molecule has 0 unspecified atom stereocenters. The van der Waals surface area contributed by atoms with Crippen molar-refractivity contribution in [3.05, 3.63) is 29.7 Å². The second-order valence-corrected chi connectivity index (χ2v) is 4.81. The Bertz CT molecular complexity index is 384. The van der Waals surface area contributed by atoms with Crippen LogP contribution in [0.3, 0.4) is 0 Å². The Kier molecular flexibility index (Phi) is 3.03. The molecule has 3 heteroatoms. The van der Waals surface area contributed by atoms with Gasteiger partial charge in [-0.05, 0) is 39.2 Å². The first-order valence-corrected chi connectivity index (χ1v) is 6.00. The second kappa shape index (κ2) is 4.32. The first-order valence-electron chi connectivity index (χ1n) is 6.00. The highest BCUT2D eigenvalue weighted by molar-refractivity contribution is 5.14. The van der Waals surface area contributed by atoms with Crippen molar-refractivity contribution in [2.45, 2.75) is 39.7 Å². The Morgan fingerprint density at radius 1 is 1.38 bits per heavy atom. The molecule has 16 heavy (non-hydrogen) atoms. The van der Waals surface area contributed by atoms with E-state index >= 15 is 0 Å². The number of aryl methyl sites for hydroxylation is 1. The van der Waals surface area contributed by atoms with E-state index in [2.05, 4.69) is 42.0 Å². The summed E-state index contributed by atoms with van der Waals surface area (Å²) in [6, 6.07) is 0.573. The first kappa shape index (κ1) is 11.2. The van der Waals surface area contributed by atoms with Gasteiger partial charge in [-0.2, -0.15) is 5.10 Å². The van der Waals surface area contributed by atoms with Crippen LogP contribution in [0.5, 0.6) is 0 Å². The maximum Gasteiger partial charge on any atom is 0.0556 e. The molecule has 1 fully saturated rings. The number of aromatic nitrogens is 2. The molecule has 0 spiro atoms. The van der Waals surface area contributed by atoms with Gasteiger partial charge >= 0.3 is 0 Å². The molecule has 0 aromatic carbocycles. The van der Waals surface area contributed by atoms with Crippen molar-refractivity contribution in [2.75, 3.05) is 13.1 Å². The predicted octanol–water partition coefficient (Wildman–Crippen LogP) is 2.67. The molecule has 0 saturated carbocycles. The van der Waals surface area contributed by atoms with E-state index in [4.69, 9.17) is 0 Å². The summed E-state index contributed by atoms with van der Waals surface area (Å²) < 4.78 is 2.20. The maximum atomic E-state index is 4.48. The molecule has 88 valence electrons. The smallest absolute Gasteiger partial charge is 0.0556 e. The highest BCUT2D eigenvalue weighted by atomic mass is 15.3. The fourth-order valence-corrected chi connectivity index (χ4v) is 2.37. The Hall–Kier alpha value is -1.25. The van der Waals surface area contributed by atoms with Crippen LogP contribution in [0, 0.1) is 13.8 Å². The lowest BCUT2D eigenvalue weighted by Gasteiger charge is -2.34. The molecule has 1 aliphatic heterocycles. The number of rotatable bonds is 2. The van der Waals surface area contributed by atoms with Crippen LogP contribution in [0.2, 0.25) is 0 Å². The third-order valence-electron chi connectivity index (χ3n) is 3.64. The topological polar surface area (TPSA) is 21.1 Å². The van der Waals surface area contributed by atoms with Crippen molar-refractivity contribution in [3.8, 4) is 0 Å². The van der Waals surface area contributed by atoms with Crippen LogP contribution >= 0.6 is 0 Å². The monoisotopic (exact) mass is 219 g/mol. The van der Waals surface area contributed by atoms with Crippen LogP contribution in [-0.2, 0) is 0 Å². The summed E-state index contributed by atoms with van der Waals surface area (Å²) in [7, 11) is 0. The minimum atomic E-state index is 0.573. The first-order chi connectivity index (χ1) is 7.59. The van der Waals surface area contributed by atoms with E-state index in [0.29, 0.717) is 6.04 Å². The van der Waals surface area contributed by atoms with Crippen LogP contribution in [-0.4, -0.2) is 27.8 Å². The third kappa shape index (κ3) is 1.99. The Morgan fingerprint density at radius 2 is 2.00 bits per heavy atom. The maximum absolute atomic E-state index is 4.48. The van der Waals surface area contributed by atoms with Gasteiger partial charge in [0.25, 0.3) is 0 Å². The van der Waals surface area contributed by atoms with Gasteiger partial charge in [-0.3, -0.25) is 4.68 Å². The SMILES string of the molecule is C=C(C)N1CCC(n2ncc(C)c2C)CC1. The van der Waals surface area contributed by atoms with Crippen LogP contribution in [0.15, 0.2) is 18.5 Å². The summed E-state index contributed by atoms with van der Waals surface area (Å²) in [5.74, 6) is 0. The molecule has 1 aromatic heterocycles. The number of piperidine rings is 1. The van der Waals surface area contributed by atoms with E-state index in [0.717, 1.165) is 13.1 Å². The number of nitrogens with zero attached hydrogens (tertiary/aromatic N) is 3. The highest BCUT2D eigenvalue weighted by Gasteiger charge is 2.21. The fraction of sp³-hybridized carbons (Fsp3) is 0.615. The van der Waals surface area contributed by atoms with Crippen LogP contribution in [0.4, 0.5) is 0 Å². The average molecular weight is 219 g/mol. The third-order valence-corrected chi connectivity index (χ3v) is 3.64. The number of allylic oxidation sites excluding steroid dienone is 1. The molecule has 2 rings (SSSR count). The molecule has 0 radical (unpaired) electrons. The highest BCUT2D eigenvalue weighted by Crippen LogP contribution is 2.25. The molecule has 0 amide bonds.